The minimum absolute atomic E-state index is 0.0939. The summed E-state index contributed by atoms with van der Waals surface area (Å²) in [6.07, 6.45) is 0.874. The number of halogens is 1. The summed E-state index contributed by atoms with van der Waals surface area (Å²) in [5, 5.41) is 12.9. The summed E-state index contributed by atoms with van der Waals surface area (Å²) in [5.41, 5.74) is 1.00. The highest BCUT2D eigenvalue weighted by molar-refractivity contribution is 6.32. The Labute approximate surface area is 119 Å². The minimum atomic E-state index is 0.0939. The fourth-order valence-electron chi connectivity index (χ4n) is 1.78. The molecule has 0 aliphatic rings. The van der Waals surface area contributed by atoms with Crippen LogP contribution in [0.3, 0.4) is 0 Å². The largest absolute Gasteiger partial charge is 0.491 e. The Morgan fingerprint density at radius 3 is 2.63 bits per heavy atom. The molecule has 0 bridgehead atoms. The first-order valence-electron chi connectivity index (χ1n) is 6.49. The lowest BCUT2D eigenvalue weighted by atomic mass is 10.1. The van der Waals surface area contributed by atoms with Gasteiger partial charge in [0.05, 0.1) is 25.3 Å². The fourth-order valence-corrected chi connectivity index (χ4v) is 2.10. The van der Waals surface area contributed by atoms with Gasteiger partial charge in [0.1, 0.15) is 0 Å². The minimum Gasteiger partial charge on any atom is -0.491 e. The Morgan fingerprint density at radius 1 is 1.37 bits per heavy atom. The molecule has 1 atom stereocenters. The smallest absolute Gasteiger partial charge is 0.179 e. The molecule has 0 radical (unpaired) electrons. The molecule has 0 aromatic heterocycles. The lowest BCUT2D eigenvalue weighted by Gasteiger charge is -2.16. The van der Waals surface area contributed by atoms with Crippen molar-refractivity contribution in [2.75, 3.05) is 20.3 Å². The second kappa shape index (κ2) is 8.25. The molecular formula is C14H22ClNO3. The molecule has 0 heterocycles. The van der Waals surface area contributed by atoms with E-state index in [1.165, 1.54) is 0 Å². The number of nitrogens with one attached hydrogen (secondary N) is 1. The van der Waals surface area contributed by atoms with Gasteiger partial charge in [-0.3, -0.25) is 0 Å². The number of aliphatic hydroxyl groups is 1. The van der Waals surface area contributed by atoms with Gasteiger partial charge in [0.25, 0.3) is 0 Å². The van der Waals surface area contributed by atoms with E-state index in [4.69, 9.17) is 26.2 Å². The summed E-state index contributed by atoms with van der Waals surface area (Å²) in [6, 6.07) is 3.85. The highest BCUT2D eigenvalue weighted by Gasteiger charge is 2.12. The molecule has 0 spiro atoms. The normalized spacial score (nSPS) is 12.3. The fraction of sp³-hybridized carbons (Fsp3) is 0.571. The number of rotatable bonds is 8. The number of ether oxygens (including phenoxy) is 2. The van der Waals surface area contributed by atoms with Crippen LogP contribution in [0.1, 0.15) is 25.8 Å². The molecular weight excluding hydrogens is 266 g/mol. The van der Waals surface area contributed by atoms with Crippen LogP contribution in [0.4, 0.5) is 0 Å². The van der Waals surface area contributed by atoms with Crippen LogP contribution in [-0.2, 0) is 6.54 Å². The molecule has 1 aromatic carbocycles. The SMILES string of the molecule is CCOc1cc(CN[C@H](CC)CO)cc(Cl)c1OC. The van der Waals surface area contributed by atoms with Crippen molar-refractivity contribution in [2.45, 2.75) is 32.9 Å². The van der Waals surface area contributed by atoms with Crippen molar-refractivity contribution in [3.63, 3.8) is 0 Å². The molecule has 1 rings (SSSR count). The standard InChI is InChI=1S/C14H22ClNO3/c1-4-11(9-17)16-8-10-6-12(15)14(18-3)13(7-10)19-5-2/h6-7,11,16-17H,4-5,8-9H2,1-3H3/t11-/m1/s1. The third-order valence-electron chi connectivity index (χ3n) is 2.88. The molecule has 0 aliphatic heterocycles. The van der Waals surface area contributed by atoms with Gasteiger partial charge in [-0.1, -0.05) is 18.5 Å². The zero-order valence-corrected chi connectivity index (χ0v) is 12.5. The van der Waals surface area contributed by atoms with Crippen LogP contribution >= 0.6 is 11.6 Å². The van der Waals surface area contributed by atoms with Gasteiger partial charge in [0, 0.05) is 12.6 Å². The number of benzene rings is 1. The summed E-state index contributed by atoms with van der Waals surface area (Å²) in [5.74, 6) is 1.20. The Balaban J connectivity index is 2.84. The number of hydrogen-bond acceptors (Lipinski definition) is 4. The summed E-state index contributed by atoms with van der Waals surface area (Å²) < 4.78 is 10.8. The Hall–Kier alpha value is -0.970. The van der Waals surface area contributed by atoms with Gasteiger partial charge in [-0.05, 0) is 31.0 Å². The third kappa shape index (κ3) is 4.56. The number of hydrogen-bond donors (Lipinski definition) is 2. The van der Waals surface area contributed by atoms with Crippen LogP contribution in [0.2, 0.25) is 5.02 Å². The maximum Gasteiger partial charge on any atom is 0.179 e. The van der Waals surface area contributed by atoms with Crippen LogP contribution in [0, 0.1) is 0 Å². The average Bonchev–Trinajstić information content (AvgIpc) is 2.40. The second-order valence-corrected chi connectivity index (χ2v) is 4.62. The van der Waals surface area contributed by atoms with Crippen LogP contribution in [0.15, 0.2) is 12.1 Å². The third-order valence-corrected chi connectivity index (χ3v) is 3.16. The van der Waals surface area contributed by atoms with E-state index in [0.717, 1.165) is 12.0 Å². The summed E-state index contributed by atoms with van der Waals surface area (Å²) in [6.45, 7) is 5.25. The summed E-state index contributed by atoms with van der Waals surface area (Å²) >= 11 is 6.17. The Bertz CT molecular complexity index is 395. The first-order valence-corrected chi connectivity index (χ1v) is 6.87. The lowest BCUT2D eigenvalue weighted by molar-refractivity contribution is 0.238. The predicted octanol–water partition coefficient (Wildman–Crippen LogP) is 2.61. The molecule has 0 fully saturated rings. The molecule has 0 amide bonds. The first-order chi connectivity index (χ1) is 9.15. The zero-order chi connectivity index (χ0) is 14.3. The molecule has 1 aromatic rings. The van der Waals surface area contributed by atoms with E-state index in [1.54, 1.807) is 7.11 Å². The van der Waals surface area contributed by atoms with E-state index in [1.807, 2.05) is 26.0 Å². The molecule has 0 saturated carbocycles. The van der Waals surface area contributed by atoms with E-state index in [0.29, 0.717) is 29.7 Å². The monoisotopic (exact) mass is 287 g/mol. The van der Waals surface area contributed by atoms with Crippen molar-refractivity contribution < 1.29 is 14.6 Å². The van der Waals surface area contributed by atoms with Gasteiger partial charge in [0.15, 0.2) is 11.5 Å². The quantitative estimate of drug-likeness (QED) is 0.772. The molecule has 5 heteroatoms. The molecule has 0 aliphatic carbocycles. The van der Waals surface area contributed by atoms with Crippen molar-refractivity contribution in [3.8, 4) is 11.5 Å². The van der Waals surface area contributed by atoms with Crippen molar-refractivity contribution in [1.82, 2.24) is 5.32 Å². The van der Waals surface area contributed by atoms with Crippen molar-refractivity contribution in [3.05, 3.63) is 22.7 Å². The van der Waals surface area contributed by atoms with Gasteiger partial charge in [-0.15, -0.1) is 0 Å². The lowest BCUT2D eigenvalue weighted by Crippen LogP contribution is -2.31. The highest BCUT2D eigenvalue weighted by Crippen LogP contribution is 2.36. The Kier molecular flexibility index (Phi) is 6.99. The first kappa shape index (κ1) is 16.1. The van der Waals surface area contributed by atoms with Crippen LogP contribution in [0.25, 0.3) is 0 Å². The molecule has 0 saturated heterocycles. The van der Waals surface area contributed by atoms with Gasteiger partial charge in [-0.25, -0.2) is 0 Å². The predicted molar refractivity (Wildman–Crippen MR) is 77.2 cm³/mol. The van der Waals surface area contributed by atoms with Gasteiger partial charge < -0.3 is 19.9 Å². The van der Waals surface area contributed by atoms with E-state index < -0.39 is 0 Å². The Morgan fingerprint density at radius 2 is 2.11 bits per heavy atom. The van der Waals surface area contributed by atoms with E-state index in [-0.39, 0.29) is 12.6 Å². The maximum absolute atomic E-state index is 9.15. The molecule has 108 valence electrons. The molecule has 2 N–H and O–H groups in total. The molecule has 0 unspecified atom stereocenters. The average molecular weight is 288 g/mol. The number of methoxy groups -OCH3 is 1. The summed E-state index contributed by atoms with van der Waals surface area (Å²) in [7, 11) is 1.57. The summed E-state index contributed by atoms with van der Waals surface area (Å²) in [4.78, 5) is 0. The zero-order valence-electron chi connectivity index (χ0n) is 11.7. The van der Waals surface area contributed by atoms with Crippen molar-refractivity contribution in [2.24, 2.45) is 0 Å². The topological polar surface area (TPSA) is 50.7 Å². The maximum atomic E-state index is 9.15. The van der Waals surface area contributed by atoms with Gasteiger partial charge in [0.2, 0.25) is 0 Å². The number of aliphatic hydroxyl groups excluding tert-OH is 1. The van der Waals surface area contributed by atoms with Crippen LogP contribution < -0.4 is 14.8 Å². The van der Waals surface area contributed by atoms with Gasteiger partial charge in [-0.2, -0.15) is 0 Å². The van der Waals surface area contributed by atoms with Gasteiger partial charge >= 0.3 is 0 Å². The van der Waals surface area contributed by atoms with Crippen molar-refractivity contribution in [1.29, 1.82) is 0 Å². The van der Waals surface area contributed by atoms with Crippen LogP contribution in [0.5, 0.6) is 11.5 Å². The van der Waals surface area contributed by atoms with Crippen LogP contribution in [-0.4, -0.2) is 31.5 Å². The van der Waals surface area contributed by atoms with E-state index in [9.17, 15) is 0 Å². The van der Waals surface area contributed by atoms with E-state index >= 15 is 0 Å². The van der Waals surface area contributed by atoms with E-state index in [2.05, 4.69) is 5.32 Å². The second-order valence-electron chi connectivity index (χ2n) is 4.21. The molecule has 4 nitrogen and oxygen atoms in total. The molecule has 19 heavy (non-hydrogen) atoms. The highest BCUT2D eigenvalue weighted by atomic mass is 35.5. The van der Waals surface area contributed by atoms with Crippen molar-refractivity contribution >= 4 is 11.6 Å².